The van der Waals surface area contributed by atoms with Crippen LogP contribution in [0.5, 0.6) is 5.75 Å². The maximum atomic E-state index is 12.6. The lowest BCUT2D eigenvalue weighted by Crippen LogP contribution is -2.28. The third-order valence-corrected chi connectivity index (χ3v) is 4.40. The van der Waals surface area contributed by atoms with Gasteiger partial charge in [-0.15, -0.1) is 0 Å². The van der Waals surface area contributed by atoms with Crippen LogP contribution in [0, 0.1) is 0 Å². The summed E-state index contributed by atoms with van der Waals surface area (Å²) >= 11 is 5.85. The molecule has 1 heterocycles. The zero-order chi connectivity index (χ0) is 19.9. The van der Waals surface area contributed by atoms with E-state index in [9.17, 15) is 4.79 Å². The zero-order valence-electron chi connectivity index (χ0n) is 15.5. The SMILES string of the molecule is CN(CCCOc1ccc(Cl)cc1)C(=O)c1ccc(-c2cncc(N)n2)cc1. The molecule has 0 atom stereocenters. The van der Waals surface area contributed by atoms with Gasteiger partial charge >= 0.3 is 0 Å². The Morgan fingerprint density at radius 2 is 1.82 bits per heavy atom. The molecule has 1 amide bonds. The van der Waals surface area contributed by atoms with E-state index >= 15 is 0 Å². The van der Waals surface area contributed by atoms with E-state index in [1.165, 1.54) is 6.20 Å². The van der Waals surface area contributed by atoms with Crippen LogP contribution in [0.4, 0.5) is 5.82 Å². The predicted octanol–water partition coefficient (Wildman–Crippen LogP) is 3.92. The molecule has 6 nitrogen and oxygen atoms in total. The van der Waals surface area contributed by atoms with Crippen molar-refractivity contribution in [3.05, 3.63) is 71.5 Å². The fourth-order valence-corrected chi connectivity index (χ4v) is 2.77. The van der Waals surface area contributed by atoms with E-state index in [4.69, 9.17) is 22.1 Å². The second kappa shape index (κ2) is 9.19. The number of hydrogen-bond acceptors (Lipinski definition) is 5. The van der Waals surface area contributed by atoms with Gasteiger partial charge < -0.3 is 15.4 Å². The van der Waals surface area contributed by atoms with Gasteiger partial charge in [-0.3, -0.25) is 9.78 Å². The van der Waals surface area contributed by atoms with Crippen LogP contribution < -0.4 is 10.5 Å². The Morgan fingerprint density at radius 1 is 1.11 bits per heavy atom. The van der Waals surface area contributed by atoms with Crippen molar-refractivity contribution in [2.45, 2.75) is 6.42 Å². The third-order valence-electron chi connectivity index (χ3n) is 4.15. The van der Waals surface area contributed by atoms with Gasteiger partial charge in [0.1, 0.15) is 11.6 Å². The number of halogens is 1. The maximum Gasteiger partial charge on any atom is 0.253 e. The average Bonchev–Trinajstić information content (AvgIpc) is 2.72. The van der Waals surface area contributed by atoms with Gasteiger partial charge in [-0.1, -0.05) is 23.7 Å². The van der Waals surface area contributed by atoms with Crippen molar-refractivity contribution in [2.75, 3.05) is 25.9 Å². The molecule has 1 aromatic heterocycles. The minimum Gasteiger partial charge on any atom is -0.494 e. The van der Waals surface area contributed by atoms with E-state index in [1.54, 1.807) is 42.4 Å². The van der Waals surface area contributed by atoms with Gasteiger partial charge in [0.25, 0.3) is 5.91 Å². The van der Waals surface area contributed by atoms with Crippen LogP contribution in [0.2, 0.25) is 5.02 Å². The molecular weight excluding hydrogens is 376 g/mol. The van der Waals surface area contributed by atoms with Crippen molar-refractivity contribution < 1.29 is 9.53 Å². The van der Waals surface area contributed by atoms with Gasteiger partial charge in [0.2, 0.25) is 0 Å². The summed E-state index contributed by atoms with van der Waals surface area (Å²) in [6.07, 6.45) is 3.86. The minimum atomic E-state index is -0.0447. The molecule has 144 valence electrons. The second-order valence-electron chi connectivity index (χ2n) is 6.29. The molecule has 0 aliphatic carbocycles. The number of amides is 1. The first-order valence-corrected chi connectivity index (χ1v) is 9.22. The number of hydrogen-bond donors (Lipinski definition) is 1. The fraction of sp³-hybridized carbons (Fsp3) is 0.190. The van der Waals surface area contributed by atoms with Crippen LogP contribution in [0.25, 0.3) is 11.3 Å². The summed E-state index contributed by atoms with van der Waals surface area (Å²) in [5.41, 5.74) is 7.81. The average molecular weight is 397 g/mol. The molecule has 2 N–H and O–H groups in total. The Labute approximate surface area is 168 Å². The summed E-state index contributed by atoms with van der Waals surface area (Å²) in [6.45, 7) is 1.11. The number of ether oxygens (including phenoxy) is 1. The molecule has 3 rings (SSSR count). The summed E-state index contributed by atoms with van der Waals surface area (Å²) in [6, 6.07) is 14.5. The molecule has 28 heavy (non-hydrogen) atoms. The Hall–Kier alpha value is -3.12. The second-order valence-corrected chi connectivity index (χ2v) is 6.73. The highest BCUT2D eigenvalue weighted by Crippen LogP contribution is 2.18. The molecule has 2 aromatic carbocycles. The molecule has 0 aliphatic heterocycles. The largest absolute Gasteiger partial charge is 0.494 e. The number of nitrogen functional groups attached to an aromatic ring is 1. The lowest BCUT2D eigenvalue weighted by atomic mass is 10.1. The van der Waals surface area contributed by atoms with Crippen LogP contribution in [0.3, 0.4) is 0 Å². The van der Waals surface area contributed by atoms with Crippen molar-refractivity contribution in [1.29, 1.82) is 0 Å². The highest BCUT2D eigenvalue weighted by molar-refractivity contribution is 6.30. The number of nitrogens with two attached hydrogens (primary N) is 1. The van der Waals surface area contributed by atoms with Crippen molar-refractivity contribution in [3.63, 3.8) is 0 Å². The Balaban J connectivity index is 1.50. The van der Waals surface area contributed by atoms with Gasteiger partial charge in [0.05, 0.1) is 24.7 Å². The quantitative estimate of drug-likeness (QED) is 0.612. The lowest BCUT2D eigenvalue weighted by molar-refractivity contribution is 0.0788. The van der Waals surface area contributed by atoms with Crippen molar-refractivity contribution in [1.82, 2.24) is 14.9 Å². The molecule has 7 heteroatoms. The number of carbonyl (C=O) groups is 1. The highest BCUT2D eigenvalue weighted by atomic mass is 35.5. The molecule has 0 saturated carbocycles. The van der Waals surface area contributed by atoms with E-state index in [1.807, 2.05) is 24.3 Å². The highest BCUT2D eigenvalue weighted by Gasteiger charge is 2.12. The number of carbonyl (C=O) groups excluding carboxylic acids is 1. The molecule has 0 bridgehead atoms. The molecule has 0 radical (unpaired) electrons. The molecule has 0 spiro atoms. The summed E-state index contributed by atoms with van der Waals surface area (Å²) < 4.78 is 5.65. The smallest absolute Gasteiger partial charge is 0.253 e. The Kier molecular flexibility index (Phi) is 6.45. The van der Waals surface area contributed by atoms with Crippen molar-refractivity contribution in [2.24, 2.45) is 0 Å². The number of anilines is 1. The predicted molar refractivity (Wildman–Crippen MR) is 110 cm³/mol. The van der Waals surface area contributed by atoms with Crippen LogP contribution in [-0.4, -0.2) is 41.0 Å². The summed E-state index contributed by atoms with van der Waals surface area (Å²) in [4.78, 5) is 22.5. The Bertz CT molecular complexity index is 930. The van der Waals surface area contributed by atoms with Gasteiger partial charge in [0, 0.05) is 29.7 Å². The standard InChI is InChI=1S/C21H21ClN4O2/c1-26(11-2-12-28-18-9-7-17(22)8-10-18)21(27)16-5-3-15(4-6-16)19-13-24-14-20(23)25-19/h3-10,13-14H,2,11-12H2,1H3,(H2,23,25). The van der Waals surface area contributed by atoms with Gasteiger partial charge in [-0.25, -0.2) is 4.98 Å². The van der Waals surface area contributed by atoms with E-state index in [0.29, 0.717) is 35.2 Å². The lowest BCUT2D eigenvalue weighted by Gasteiger charge is -2.17. The summed E-state index contributed by atoms with van der Waals surface area (Å²) in [5, 5.41) is 0.673. The van der Waals surface area contributed by atoms with Gasteiger partial charge in [-0.05, 0) is 42.8 Å². The Morgan fingerprint density at radius 3 is 2.50 bits per heavy atom. The molecule has 0 unspecified atom stereocenters. The number of nitrogens with zero attached hydrogens (tertiary/aromatic N) is 3. The van der Waals surface area contributed by atoms with Crippen LogP contribution in [0.1, 0.15) is 16.8 Å². The monoisotopic (exact) mass is 396 g/mol. The van der Waals surface area contributed by atoms with Gasteiger partial charge in [-0.2, -0.15) is 0 Å². The first-order chi connectivity index (χ1) is 13.5. The van der Waals surface area contributed by atoms with E-state index in [-0.39, 0.29) is 5.91 Å². The topological polar surface area (TPSA) is 81.3 Å². The number of aromatic nitrogens is 2. The minimum absolute atomic E-state index is 0.0447. The van der Waals surface area contributed by atoms with Crippen LogP contribution in [0.15, 0.2) is 60.9 Å². The first kappa shape index (κ1) is 19.6. The van der Waals surface area contributed by atoms with E-state index < -0.39 is 0 Å². The van der Waals surface area contributed by atoms with Crippen LogP contribution >= 0.6 is 11.6 Å². The van der Waals surface area contributed by atoms with E-state index in [0.717, 1.165) is 17.7 Å². The number of rotatable bonds is 7. The molecule has 0 saturated heterocycles. The molecule has 0 aliphatic rings. The summed E-state index contributed by atoms with van der Waals surface area (Å²) in [5.74, 6) is 1.08. The van der Waals surface area contributed by atoms with E-state index in [2.05, 4.69) is 9.97 Å². The summed E-state index contributed by atoms with van der Waals surface area (Å²) in [7, 11) is 1.78. The third kappa shape index (κ3) is 5.20. The molecular formula is C21H21ClN4O2. The van der Waals surface area contributed by atoms with Gasteiger partial charge in [0.15, 0.2) is 0 Å². The number of benzene rings is 2. The fourth-order valence-electron chi connectivity index (χ4n) is 2.65. The molecule has 0 fully saturated rings. The van der Waals surface area contributed by atoms with Crippen molar-refractivity contribution >= 4 is 23.3 Å². The zero-order valence-corrected chi connectivity index (χ0v) is 16.3. The molecule has 3 aromatic rings. The van der Waals surface area contributed by atoms with Crippen molar-refractivity contribution in [3.8, 4) is 17.0 Å². The normalized spacial score (nSPS) is 10.5. The first-order valence-electron chi connectivity index (χ1n) is 8.85. The van der Waals surface area contributed by atoms with Crippen LogP contribution in [-0.2, 0) is 0 Å². The maximum absolute atomic E-state index is 12.6.